The Balaban J connectivity index is 1.70. The van der Waals surface area contributed by atoms with Gasteiger partial charge in [-0.1, -0.05) is 35.2 Å². The van der Waals surface area contributed by atoms with E-state index >= 15 is 0 Å². The molecule has 1 aromatic heterocycles. The number of ketones is 1. The molecule has 3 aromatic rings. The molecule has 0 aliphatic heterocycles. The Morgan fingerprint density at radius 2 is 1.96 bits per heavy atom. The third kappa shape index (κ3) is 4.92. The number of halogens is 1. The molecule has 5 nitrogen and oxygen atoms in total. The quantitative estimate of drug-likeness (QED) is 0.332. The molecule has 9 heteroatoms. The molecule has 1 atom stereocenters. The van der Waals surface area contributed by atoms with Crippen molar-refractivity contribution in [1.82, 2.24) is 9.78 Å². The van der Waals surface area contributed by atoms with Crippen LogP contribution in [0, 0.1) is 9.77 Å². The first-order chi connectivity index (χ1) is 13.3. The van der Waals surface area contributed by atoms with Crippen LogP contribution in [0.2, 0.25) is 0 Å². The molecular weight excluding hydrogens is 417 g/mol. The van der Waals surface area contributed by atoms with Crippen LogP contribution in [0.3, 0.4) is 0 Å². The van der Waals surface area contributed by atoms with E-state index in [1.165, 1.54) is 42.2 Å². The molecular formula is C19H16FN3O2S3. The highest BCUT2D eigenvalue weighted by Gasteiger charge is 2.18. The summed E-state index contributed by atoms with van der Waals surface area (Å²) in [5.74, 6) is -0.607. The number of carbonyl (C=O) groups is 2. The first kappa shape index (κ1) is 20.4. The van der Waals surface area contributed by atoms with Crippen LogP contribution < -0.4 is 5.32 Å². The number of hydrogen-bond donors (Lipinski definition) is 1. The molecule has 0 bridgehead atoms. The van der Waals surface area contributed by atoms with Crippen LogP contribution in [0.15, 0.2) is 52.9 Å². The first-order valence-electron chi connectivity index (χ1n) is 8.28. The minimum absolute atomic E-state index is 0.0652. The van der Waals surface area contributed by atoms with Gasteiger partial charge in [0.25, 0.3) is 0 Å². The summed E-state index contributed by atoms with van der Waals surface area (Å²) in [6.07, 6.45) is 0. The number of thioether (sulfide) groups is 1. The molecule has 0 aliphatic rings. The summed E-state index contributed by atoms with van der Waals surface area (Å²) in [6.45, 7) is 3.24. The summed E-state index contributed by atoms with van der Waals surface area (Å²) < 4.78 is 15.8. The Morgan fingerprint density at radius 1 is 1.25 bits per heavy atom. The fraction of sp³-hybridized carbons (Fsp3) is 0.158. The van der Waals surface area contributed by atoms with Crippen molar-refractivity contribution >= 4 is 52.7 Å². The van der Waals surface area contributed by atoms with Gasteiger partial charge in [0.05, 0.1) is 10.9 Å². The Hall–Kier alpha value is -2.36. The molecule has 1 amide bonds. The Kier molecular flexibility index (Phi) is 6.38. The summed E-state index contributed by atoms with van der Waals surface area (Å²) in [5, 5.41) is 6.80. The molecule has 0 unspecified atom stereocenters. The zero-order valence-corrected chi connectivity index (χ0v) is 17.5. The number of aromatic nitrogens is 2. The number of hydrogen-bond acceptors (Lipinski definition) is 6. The lowest BCUT2D eigenvalue weighted by molar-refractivity contribution is -0.115. The highest BCUT2D eigenvalue weighted by Crippen LogP contribution is 2.28. The minimum Gasteiger partial charge on any atom is -0.325 e. The third-order valence-electron chi connectivity index (χ3n) is 3.78. The normalized spacial score (nSPS) is 11.8. The fourth-order valence-corrected chi connectivity index (χ4v) is 4.82. The molecule has 0 saturated carbocycles. The molecule has 0 aliphatic carbocycles. The monoisotopic (exact) mass is 433 g/mol. The highest BCUT2D eigenvalue weighted by molar-refractivity contribution is 8.02. The van der Waals surface area contributed by atoms with Gasteiger partial charge in [0, 0.05) is 11.3 Å². The number of Topliss-reactive ketones (excluding diaryl/α,β-unsaturated/α-hetero) is 1. The van der Waals surface area contributed by atoms with Crippen molar-refractivity contribution in [3.63, 3.8) is 0 Å². The lowest BCUT2D eigenvalue weighted by Gasteiger charge is -2.11. The van der Waals surface area contributed by atoms with Crippen molar-refractivity contribution in [3.8, 4) is 5.69 Å². The topological polar surface area (TPSA) is 64.0 Å². The average molecular weight is 434 g/mol. The SMILES string of the molecule is CC(=O)c1cccc(NC(=O)[C@@H](C)Sc2nn(-c3ccc(F)cc3)c(=S)s2)c1. The molecule has 1 heterocycles. The Labute approximate surface area is 174 Å². The largest absolute Gasteiger partial charge is 0.325 e. The molecule has 0 radical (unpaired) electrons. The van der Waals surface area contributed by atoms with Crippen LogP contribution in [0.25, 0.3) is 5.69 Å². The highest BCUT2D eigenvalue weighted by atomic mass is 32.2. The van der Waals surface area contributed by atoms with E-state index in [2.05, 4.69) is 10.4 Å². The standard InChI is InChI=1S/C19H16FN3O2S3/c1-11(24)13-4-3-5-15(10-13)21-17(25)12(2)27-18-22-23(19(26)28-18)16-8-6-14(20)7-9-16/h3-10,12H,1-2H3,(H,21,25)/t12-/m1/s1. The van der Waals surface area contributed by atoms with Gasteiger partial charge in [-0.2, -0.15) is 0 Å². The van der Waals surface area contributed by atoms with Gasteiger partial charge in [-0.25, -0.2) is 9.07 Å². The van der Waals surface area contributed by atoms with Crippen LogP contribution in [0.4, 0.5) is 10.1 Å². The third-order valence-corrected chi connectivity index (χ3v) is 6.20. The number of nitrogens with zero attached hydrogens (tertiary/aromatic N) is 2. The summed E-state index contributed by atoms with van der Waals surface area (Å²) in [5.41, 5.74) is 1.76. The second-order valence-corrected chi connectivity index (χ2v) is 9.12. The maximum absolute atomic E-state index is 13.1. The molecule has 0 saturated heterocycles. The average Bonchev–Trinajstić information content (AvgIpc) is 3.02. The van der Waals surface area contributed by atoms with Crippen LogP contribution >= 0.6 is 35.3 Å². The van der Waals surface area contributed by atoms with Crippen LogP contribution in [0.5, 0.6) is 0 Å². The second kappa shape index (κ2) is 8.76. The number of carbonyl (C=O) groups excluding carboxylic acids is 2. The van der Waals surface area contributed by atoms with Crippen LogP contribution in [-0.4, -0.2) is 26.7 Å². The van der Waals surface area contributed by atoms with E-state index in [1.54, 1.807) is 48.0 Å². The summed E-state index contributed by atoms with van der Waals surface area (Å²) in [7, 11) is 0. The smallest absolute Gasteiger partial charge is 0.237 e. The van der Waals surface area contributed by atoms with Crippen molar-refractivity contribution in [2.24, 2.45) is 0 Å². The van der Waals surface area contributed by atoms with E-state index in [0.717, 1.165) is 0 Å². The van der Waals surface area contributed by atoms with E-state index in [9.17, 15) is 14.0 Å². The fourth-order valence-electron chi connectivity index (χ4n) is 2.32. The summed E-state index contributed by atoms with van der Waals surface area (Å²) in [6, 6.07) is 12.7. The van der Waals surface area contributed by atoms with Gasteiger partial charge in [0.1, 0.15) is 5.82 Å². The molecule has 0 fully saturated rings. The lowest BCUT2D eigenvalue weighted by Crippen LogP contribution is -2.22. The summed E-state index contributed by atoms with van der Waals surface area (Å²) in [4.78, 5) is 24.0. The van der Waals surface area contributed by atoms with Gasteiger partial charge in [-0.05, 0) is 62.5 Å². The predicted octanol–water partition coefficient (Wildman–Crippen LogP) is 5.12. The van der Waals surface area contributed by atoms with Crippen molar-refractivity contribution in [1.29, 1.82) is 0 Å². The second-order valence-electron chi connectivity index (χ2n) is 5.91. The zero-order chi connectivity index (χ0) is 20.3. The van der Waals surface area contributed by atoms with E-state index in [-0.39, 0.29) is 17.5 Å². The van der Waals surface area contributed by atoms with Crippen LogP contribution in [0.1, 0.15) is 24.2 Å². The number of rotatable bonds is 6. The maximum atomic E-state index is 13.1. The number of anilines is 1. The number of amides is 1. The number of nitrogens with one attached hydrogen (secondary N) is 1. The van der Waals surface area contributed by atoms with Gasteiger partial charge in [-0.15, -0.1) is 5.10 Å². The van der Waals surface area contributed by atoms with E-state index in [4.69, 9.17) is 12.2 Å². The van der Waals surface area contributed by atoms with Gasteiger partial charge in [-0.3, -0.25) is 9.59 Å². The maximum Gasteiger partial charge on any atom is 0.237 e. The van der Waals surface area contributed by atoms with Gasteiger partial charge >= 0.3 is 0 Å². The molecule has 1 N–H and O–H groups in total. The van der Waals surface area contributed by atoms with E-state index in [0.29, 0.717) is 25.2 Å². The van der Waals surface area contributed by atoms with Crippen molar-refractivity contribution < 1.29 is 14.0 Å². The van der Waals surface area contributed by atoms with Crippen molar-refractivity contribution in [2.75, 3.05) is 5.32 Å². The van der Waals surface area contributed by atoms with E-state index < -0.39 is 5.25 Å². The Morgan fingerprint density at radius 3 is 2.64 bits per heavy atom. The minimum atomic E-state index is -0.428. The van der Waals surface area contributed by atoms with E-state index in [1.807, 2.05) is 0 Å². The van der Waals surface area contributed by atoms with Crippen molar-refractivity contribution in [2.45, 2.75) is 23.4 Å². The van der Waals surface area contributed by atoms with Gasteiger partial charge in [0.15, 0.2) is 14.1 Å². The molecule has 144 valence electrons. The molecule has 2 aromatic carbocycles. The molecule has 3 rings (SSSR count). The molecule has 0 spiro atoms. The molecule has 28 heavy (non-hydrogen) atoms. The number of benzene rings is 2. The lowest BCUT2D eigenvalue weighted by atomic mass is 10.1. The predicted molar refractivity (Wildman–Crippen MR) is 113 cm³/mol. The van der Waals surface area contributed by atoms with Gasteiger partial charge in [0.2, 0.25) is 5.91 Å². The first-order valence-corrected chi connectivity index (χ1v) is 10.4. The Bertz CT molecular complexity index is 1080. The summed E-state index contributed by atoms with van der Waals surface area (Å²) >= 11 is 7.89. The van der Waals surface area contributed by atoms with Crippen molar-refractivity contribution in [3.05, 3.63) is 63.9 Å². The van der Waals surface area contributed by atoms with Gasteiger partial charge < -0.3 is 5.32 Å². The zero-order valence-electron chi connectivity index (χ0n) is 15.0. The van der Waals surface area contributed by atoms with Crippen LogP contribution in [-0.2, 0) is 4.79 Å².